The number of aliphatic hydroxyl groups is 5. The molecule has 4 fully saturated rings. The zero-order valence-electron chi connectivity index (χ0n) is 28.1. The monoisotopic (exact) mass is 644 g/mol. The summed E-state index contributed by atoms with van der Waals surface area (Å²) in [5.41, 5.74) is 3.30. The van der Waals surface area contributed by atoms with Gasteiger partial charge in [-0.15, -0.1) is 0 Å². The number of nitrogens with one attached hydrogen (secondary N) is 1. The average Bonchev–Trinajstić information content (AvgIpc) is 3.40. The van der Waals surface area contributed by atoms with Gasteiger partial charge in [0, 0.05) is 43.2 Å². The second-order valence-corrected chi connectivity index (χ2v) is 16.2. The van der Waals surface area contributed by atoms with Crippen molar-refractivity contribution in [2.75, 3.05) is 19.8 Å². The number of ether oxygens (including phenoxy) is 2. The van der Waals surface area contributed by atoms with Gasteiger partial charge < -0.3 is 46.1 Å². The molecular formula is C36H56N2O8. The Morgan fingerprint density at radius 1 is 1.15 bits per heavy atom. The van der Waals surface area contributed by atoms with E-state index in [1.807, 2.05) is 33.8 Å². The number of allylic oxidation sites excluding steroid dienone is 2. The van der Waals surface area contributed by atoms with Crippen molar-refractivity contribution >= 4 is 5.78 Å². The normalized spacial score (nSPS) is 46.3. The Bertz CT molecular complexity index is 1300. The van der Waals surface area contributed by atoms with Crippen LogP contribution in [0.5, 0.6) is 0 Å². The standard InChI is InChI=1S/C36H56N2O8/c1-19(2)20(3)30(42)32-35(43,10-12-39)31-28(46-32)18-36(44)23-15-25(40)24-16-27(45-13-8-21-7-11-38-29(37)14-21)26(41)17-33(24,4)22(23)6-9-34(31,36)5/h7,14-15,19-20,22,24,26-28,30-32,38-39,41-44H,6,8-13,16-18,37H2,1-5H3. The molecule has 6 rings (SSSR count). The van der Waals surface area contributed by atoms with Gasteiger partial charge >= 0.3 is 0 Å². The van der Waals surface area contributed by atoms with Gasteiger partial charge in [-0.25, -0.2) is 0 Å². The Hall–Kier alpha value is -1.79. The van der Waals surface area contributed by atoms with Gasteiger partial charge in [-0.3, -0.25) is 4.79 Å². The summed E-state index contributed by atoms with van der Waals surface area (Å²) >= 11 is 0. The molecule has 0 radical (unpaired) electrons. The molecule has 46 heavy (non-hydrogen) atoms. The number of nitrogens with two attached hydrogens (primary N) is 1. The first-order valence-electron chi connectivity index (χ1n) is 17.5. The molecule has 10 heteroatoms. The zero-order chi connectivity index (χ0) is 33.4. The highest BCUT2D eigenvalue weighted by atomic mass is 16.5. The second-order valence-electron chi connectivity index (χ2n) is 16.2. The van der Waals surface area contributed by atoms with Gasteiger partial charge in [0.2, 0.25) is 0 Å². The van der Waals surface area contributed by atoms with Crippen molar-refractivity contribution < 1.29 is 39.8 Å². The Labute approximate surface area is 273 Å². The maximum absolute atomic E-state index is 14.0. The number of carbonyl (C=O) groups excluding carboxylic acids is 1. The van der Waals surface area contributed by atoms with Crippen LogP contribution in [0.2, 0.25) is 0 Å². The predicted octanol–water partition coefficient (Wildman–Crippen LogP) is 2.08. The highest BCUT2D eigenvalue weighted by molar-refractivity contribution is 5.95. The fourth-order valence-electron chi connectivity index (χ4n) is 10.7. The Morgan fingerprint density at radius 2 is 1.89 bits per heavy atom. The number of ketones is 1. The molecule has 13 atom stereocenters. The number of aliphatic hydroxyl groups excluding tert-OH is 3. The average molecular weight is 645 g/mol. The highest BCUT2D eigenvalue weighted by Gasteiger charge is 2.76. The molecule has 2 heterocycles. The van der Waals surface area contributed by atoms with Crippen molar-refractivity contribution in [3.8, 4) is 0 Å². The Balaban J connectivity index is 1.24. The Morgan fingerprint density at radius 3 is 2.57 bits per heavy atom. The van der Waals surface area contributed by atoms with E-state index in [0.29, 0.717) is 56.6 Å². The van der Waals surface area contributed by atoms with Gasteiger partial charge in [0.15, 0.2) is 5.78 Å². The molecule has 0 aromatic carbocycles. The van der Waals surface area contributed by atoms with Crippen molar-refractivity contribution in [1.29, 1.82) is 0 Å². The molecule has 1 saturated heterocycles. The minimum Gasteiger partial charge on any atom is -0.396 e. The molecule has 258 valence electrons. The van der Waals surface area contributed by atoms with Gasteiger partial charge in [-0.1, -0.05) is 40.7 Å². The summed E-state index contributed by atoms with van der Waals surface area (Å²) in [6.45, 7) is 10.9. The number of carbonyl (C=O) groups is 1. The molecule has 0 aromatic rings. The van der Waals surface area contributed by atoms with Crippen LogP contribution in [0.15, 0.2) is 35.2 Å². The summed E-state index contributed by atoms with van der Waals surface area (Å²) in [5.74, 6) is -0.400. The maximum atomic E-state index is 14.0. The van der Waals surface area contributed by atoms with E-state index in [9.17, 15) is 30.3 Å². The van der Waals surface area contributed by atoms with Crippen molar-refractivity contribution in [2.45, 2.75) is 121 Å². The number of rotatable bonds is 9. The quantitative estimate of drug-likeness (QED) is 0.197. The van der Waals surface area contributed by atoms with Gasteiger partial charge in [0.1, 0.15) is 11.7 Å². The van der Waals surface area contributed by atoms with Crippen LogP contribution in [0.1, 0.15) is 79.6 Å². The van der Waals surface area contributed by atoms with E-state index >= 15 is 0 Å². The summed E-state index contributed by atoms with van der Waals surface area (Å²) in [7, 11) is 0. The second kappa shape index (κ2) is 12.0. The lowest BCUT2D eigenvalue weighted by Crippen LogP contribution is -2.63. The third-order valence-electron chi connectivity index (χ3n) is 13.6. The van der Waals surface area contributed by atoms with Crippen molar-refractivity contribution in [3.05, 3.63) is 35.2 Å². The smallest absolute Gasteiger partial charge is 0.159 e. The molecule has 4 aliphatic carbocycles. The molecule has 13 unspecified atom stereocenters. The van der Waals surface area contributed by atoms with Crippen molar-refractivity contribution in [2.24, 2.45) is 46.2 Å². The lowest BCUT2D eigenvalue weighted by molar-refractivity contribution is -0.185. The fraction of sp³-hybridized carbons (Fsp3) is 0.806. The van der Waals surface area contributed by atoms with E-state index in [1.165, 1.54) is 0 Å². The van der Waals surface area contributed by atoms with E-state index in [-0.39, 0.29) is 48.9 Å². The first-order valence-corrected chi connectivity index (χ1v) is 17.5. The van der Waals surface area contributed by atoms with Crippen LogP contribution >= 0.6 is 0 Å². The zero-order valence-corrected chi connectivity index (χ0v) is 28.1. The summed E-state index contributed by atoms with van der Waals surface area (Å²) in [6, 6.07) is 0. The molecule has 0 aromatic heterocycles. The number of hydrogen-bond donors (Lipinski definition) is 7. The molecule has 3 saturated carbocycles. The third kappa shape index (κ3) is 5.04. The van der Waals surface area contributed by atoms with Gasteiger partial charge in [-0.2, -0.15) is 0 Å². The van der Waals surface area contributed by atoms with E-state index < -0.39 is 58.5 Å². The largest absolute Gasteiger partial charge is 0.396 e. The lowest BCUT2D eigenvalue weighted by atomic mass is 9.45. The first-order chi connectivity index (χ1) is 21.6. The minimum absolute atomic E-state index is 0.0268. The van der Waals surface area contributed by atoms with Crippen molar-refractivity contribution in [1.82, 2.24) is 5.32 Å². The van der Waals surface area contributed by atoms with Crippen LogP contribution in [0.4, 0.5) is 0 Å². The van der Waals surface area contributed by atoms with Crippen LogP contribution in [-0.4, -0.2) is 92.8 Å². The van der Waals surface area contributed by atoms with E-state index in [0.717, 1.165) is 5.57 Å². The molecule has 2 aliphatic heterocycles. The predicted molar refractivity (Wildman–Crippen MR) is 172 cm³/mol. The molecule has 10 nitrogen and oxygen atoms in total. The summed E-state index contributed by atoms with van der Waals surface area (Å²) in [6.07, 6.45) is 5.03. The van der Waals surface area contributed by atoms with Gasteiger partial charge in [0.25, 0.3) is 0 Å². The van der Waals surface area contributed by atoms with Crippen molar-refractivity contribution in [3.63, 3.8) is 0 Å². The topological polar surface area (TPSA) is 175 Å². The minimum atomic E-state index is -1.54. The molecule has 0 spiro atoms. The van der Waals surface area contributed by atoms with Crippen LogP contribution in [0.25, 0.3) is 0 Å². The van der Waals surface area contributed by atoms with Gasteiger partial charge in [-0.05, 0) is 78.6 Å². The summed E-state index contributed by atoms with van der Waals surface area (Å²) < 4.78 is 12.7. The van der Waals surface area contributed by atoms with E-state index in [1.54, 1.807) is 6.08 Å². The lowest BCUT2D eigenvalue weighted by Gasteiger charge is -2.60. The van der Waals surface area contributed by atoms with Crippen LogP contribution < -0.4 is 11.1 Å². The molecular weight excluding hydrogens is 588 g/mol. The first kappa shape index (κ1) is 34.1. The molecule has 8 N–H and O–H groups in total. The summed E-state index contributed by atoms with van der Waals surface area (Å²) in [5, 5.41) is 61.0. The van der Waals surface area contributed by atoms with Gasteiger partial charge in [0.05, 0.1) is 42.4 Å². The van der Waals surface area contributed by atoms with E-state index in [4.69, 9.17) is 15.2 Å². The van der Waals surface area contributed by atoms with Crippen LogP contribution in [0.3, 0.4) is 0 Å². The summed E-state index contributed by atoms with van der Waals surface area (Å²) in [4.78, 5) is 14.0. The van der Waals surface area contributed by atoms with Crippen LogP contribution in [0, 0.1) is 40.4 Å². The fourth-order valence-corrected chi connectivity index (χ4v) is 10.7. The number of hydrogen-bond acceptors (Lipinski definition) is 10. The Kier molecular flexibility index (Phi) is 8.87. The van der Waals surface area contributed by atoms with E-state index in [2.05, 4.69) is 18.3 Å². The molecule has 0 amide bonds. The maximum Gasteiger partial charge on any atom is 0.159 e. The SMILES string of the molecule is CC(C)C(C)C(O)C1OC2CC3(O)C4=CC(=O)C5CC(OCCC6=CCNC(N)=C6)C(O)CC5(C)C4CCC3(C)C2C1(O)CCO. The molecule has 0 bridgehead atoms. The molecule has 6 aliphatic rings. The van der Waals surface area contributed by atoms with Crippen LogP contribution in [-0.2, 0) is 14.3 Å². The number of dihydropyridines is 1. The number of fused-ring (bicyclic) bond motifs is 7. The highest BCUT2D eigenvalue weighted by Crippen LogP contribution is 2.71. The third-order valence-corrected chi connectivity index (χ3v) is 13.6.